The van der Waals surface area contributed by atoms with Gasteiger partial charge in [-0.1, -0.05) is 51.8 Å². The minimum atomic E-state index is -0.541. The van der Waals surface area contributed by atoms with Gasteiger partial charge in [-0.15, -0.1) is 0 Å². The molecule has 2 aromatic rings. The lowest BCUT2D eigenvalue weighted by Crippen LogP contribution is -2.02. The highest BCUT2D eigenvalue weighted by Crippen LogP contribution is 2.26. The molecule has 0 fully saturated rings. The number of aliphatic hydroxyl groups excluding tert-OH is 1. The van der Waals surface area contributed by atoms with Gasteiger partial charge < -0.3 is 5.11 Å². The smallest absolute Gasteiger partial charge is 0.0831 e. The van der Waals surface area contributed by atoms with Gasteiger partial charge in [-0.25, -0.2) is 0 Å². The van der Waals surface area contributed by atoms with Crippen LogP contribution in [-0.4, -0.2) is 5.11 Å². The Labute approximate surface area is 121 Å². The zero-order chi connectivity index (χ0) is 13.1. The summed E-state index contributed by atoms with van der Waals surface area (Å²) in [5, 5.41) is 11.0. The van der Waals surface area contributed by atoms with Gasteiger partial charge in [0.25, 0.3) is 0 Å². The van der Waals surface area contributed by atoms with E-state index in [2.05, 4.69) is 15.9 Å². The van der Waals surface area contributed by atoms with E-state index >= 15 is 0 Å². The van der Waals surface area contributed by atoms with Crippen LogP contribution in [0.4, 0.5) is 0 Å². The van der Waals surface area contributed by atoms with Crippen LogP contribution >= 0.6 is 27.5 Å². The first-order valence-corrected chi connectivity index (χ1v) is 6.92. The van der Waals surface area contributed by atoms with Crippen molar-refractivity contribution in [3.63, 3.8) is 0 Å². The quantitative estimate of drug-likeness (QED) is 0.868. The fourth-order valence-electron chi connectivity index (χ4n) is 1.95. The number of aliphatic hydroxyl groups is 1. The van der Waals surface area contributed by atoms with Gasteiger partial charge >= 0.3 is 0 Å². The predicted molar refractivity (Wildman–Crippen MR) is 79.0 cm³/mol. The van der Waals surface area contributed by atoms with E-state index in [1.165, 1.54) is 0 Å². The monoisotopic (exact) mass is 324 g/mol. The number of rotatable bonds is 3. The van der Waals surface area contributed by atoms with Gasteiger partial charge in [-0.05, 0) is 41.8 Å². The van der Waals surface area contributed by atoms with E-state index in [-0.39, 0.29) is 0 Å². The molecule has 0 saturated heterocycles. The van der Waals surface area contributed by atoms with Gasteiger partial charge in [0.2, 0.25) is 0 Å². The molecule has 0 spiro atoms. The lowest BCUT2D eigenvalue weighted by molar-refractivity contribution is 0.178. The number of aryl methyl sites for hydroxylation is 1. The third kappa shape index (κ3) is 3.35. The average molecular weight is 326 g/mol. The van der Waals surface area contributed by atoms with Crippen LogP contribution in [0.25, 0.3) is 0 Å². The Morgan fingerprint density at radius 3 is 2.61 bits per heavy atom. The molecule has 2 aromatic carbocycles. The molecule has 0 saturated carbocycles. The Morgan fingerprint density at radius 2 is 1.94 bits per heavy atom. The van der Waals surface area contributed by atoms with E-state index in [1.54, 1.807) is 0 Å². The predicted octanol–water partition coefficient (Wildman–Crippen LogP) is 4.69. The molecule has 94 valence electrons. The maximum absolute atomic E-state index is 10.3. The van der Waals surface area contributed by atoms with Crippen molar-refractivity contribution in [1.29, 1.82) is 0 Å². The molecular weight excluding hydrogens is 312 g/mol. The van der Waals surface area contributed by atoms with Gasteiger partial charge in [0.05, 0.1) is 6.10 Å². The zero-order valence-corrected chi connectivity index (χ0v) is 12.4. The van der Waals surface area contributed by atoms with Crippen molar-refractivity contribution in [1.82, 2.24) is 0 Å². The Balaban J connectivity index is 2.22. The molecule has 0 radical (unpaired) electrons. The maximum Gasteiger partial charge on any atom is 0.0831 e. The maximum atomic E-state index is 10.3. The molecule has 1 atom stereocenters. The molecule has 1 N–H and O–H groups in total. The summed E-state index contributed by atoms with van der Waals surface area (Å²) >= 11 is 9.54. The van der Waals surface area contributed by atoms with E-state index in [9.17, 15) is 5.11 Å². The van der Waals surface area contributed by atoms with Crippen LogP contribution < -0.4 is 0 Å². The topological polar surface area (TPSA) is 20.2 Å². The minimum absolute atomic E-state index is 0.523. The highest BCUT2D eigenvalue weighted by atomic mass is 79.9. The van der Waals surface area contributed by atoms with Gasteiger partial charge in [0.15, 0.2) is 0 Å². The van der Waals surface area contributed by atoms with Gasteiger partial charge in [-0.2, -0.15) is 0 Å². The van der Waals surface area contributed by atoms with Gasteiger partial charge in [0, 0.05) is 15.9 Å². The molecule has 0 aliphatic heterocycles. The molecule has 1 unspecified atom stereocenters. The van der Waals surface area contributed by atoms with Crippen LogP contribution in [0, 0.1) is 6.92 Å². The molecule has 0 heterocycles. The zero-order valence-electron chi connectivity index (χ0n) is 10.0. The third-order valence-electron chi connectivity index (χ3n) is 2.82. The van der Waals surface area contributed by atoms with Crippen LogP contribution in [-0.2, 0) is 6.42 Å². The van der Waals surface area contributed by atoms with E-state index in [0.717, 1.165) is 21.2 Å². The van der Waals surface area contributed by atoms with Gasteiger partial charge in [0.1, 0.15) is 0 Å². The molecule has 1 nitrogen and oxygen atoms in total. The number of hydrogen-bond donors (Lipinski definition) is 1. The van der Waals surface area contributed by atoms with Crippen molar-refractivity contribution >= 4 is 27.5 Å². The van der Waals surface area contributed by atoms with Gasteiger partial charge in [-0.3, -0.25) is 0 Å². The fourth-order valence-corrected chi connectivity index (χ4v) is 2.79. The molecule has 3 heteroatoms. The largest absolute Gasteiger partial charge is 0.388 e. The summed E-state index contributed by atoms with van der Waals surface area (Å²) in [6.07, 6.45) is -0.0173. The van der Waals surface area contributed by atoms with E-state index < -0.39 is 6.10 Å². The number of benzene rings is 2. The highest BCUT2D eigenvalue weighted by Gasteiger charge is 2.11. The van der Waals surface area contributed by atoms with Crippen molar-refractivity contribution < 1.29 is 5.11 Å². The fraction of sp³-hybridized carbons (Fsp3) is 0.200. The van der Waals surface area contributed by atoms with Crippen molar-refractivity contribution in [2.24, 2.45) is 0 Å². The van der Waals surface area contributed by atoms with Crippen molar-refractivity contribution in [2.45, 2.75) is 19.4 Å². The summed E-state index contributed by atoms with van der Waals surface area (Å²) in [5.74, 6) is 0. The van der Waals surface area contributed by atoms with Crippen molar-refractivity contribution in [3.8, 4) is 0 Å². The summed E-state index contributed by atoms with van der Waals surface area (Å²) in [4.78, 5) is 0. The second-order valence-corrected chi connectivity index (χ2v) is 5.70. The summed E-state index contributed by atoms with van der Waals surface area (Å²) in [5.41, 5.74) is 2.99. The summed E-state index contributed by atoms with van der Waals surface area (Å²) in [6, 6.07) is 13.6. The van der Waals surface area contributed by atoms with Crippen LogP contribution in [0.1, 0.15) is 22.8 Å². The molecule has 0 aliphatic carbocycles. The lowest BCUT2D eigenvalue weighted by Gasteiger charge is -2.13. The lowest BCUT2D eigenvalue weighted by atomic mass is 10.00. The molecule has 0 aliphatic rings. The summed E-state index contributed by atoms with van der Waals surface area (Å²) < 4.78 is 0.982. The van der Waals surface area contributed by atoms with Crippen LogP contribution in [0.5, 0.6) is 0 Å². The van der Waals surface area contributed by atoms with E-state index in [1.807, 2.05) is 49.4 Å². The van der Waals surface area contributed by atoms with E-state index in [4.69, 9.17) is 11.6 Å². The molecule has 0 bridgehead atoms. The number of hydrogen-bond acceptors (Lipinski definition) is 1. The second kappa shape index (κ2) is 5.87. The standard InChI is InChI=1S/C15H14BrClO/c1-10-6-12(8-13(16)7-10)15(18)9-11-4-2-3-5-14(11)17/h2-8,15,18H,9H2,1H3. The highest BCUT2D eigenvalue weighted by molar-refractivity contribution is 9.10. The first-order chi connectivity index (χ1) is 8.56. The minimum Gasteiger partial charge on any atom is -0.388 e. The molecule has 18 heavy (non-hydrogen) atoms. The Bertz CT molecular complexity index is 534. The van der Waals surface area contributed by atoms with Crippen LogP contribution in [0.3, 0.4) is 0 Å². The third-order valence-corrected chi connectivity index (χ3v) is 3.65. The first-order valence-electron chi connectivity index (χ1n) is 5.75. The number of halogens is 2. The Hall–Kier alpha value is -0.830. The molecule has 2 rings (SSSR count). The SMILES string of the molecule is Cc1cc(Br)cc(C(O)Cc2ccccc2Cl)c1. The van der Waals surface area contributed by atoms with Crippen molar-refractivity contribution in [2.75, 3.05) is 0 Å². The average Bonchev–Trinajstić information content (AvgIpc) is 2.31. The van der Waals surface area contributed by atoms with Crippen LogP contribution in [0.2, 0.25) is 5.02 Å². The molecule has 0 amide bonds. The van der Waals surface area contributed by atoms with Crippen LogP contribution in [0.15, 0.2) is 46.9 Å². The van der Waals surface area contributed by atoms with E-state index in [0.29, 0.717) is 11.4 Å². The Morgan fingerprint density at radius 1 is 1.22 bits per heavy atom. The van der Waals surface area contributed by atoms with Crippen molar-refractivity contribution in [3.05, 3.63) is 68.7 Å². The summed E-state index contributed by atoms with van der Waals surface area (Å²) in [7, 11) is 0. The Kier molecular flexibility index (Phi) is 4.44. The first kappa shape index (κ1) is 13.6. The molecule has 0 aromatic heterocycles. The normalized spacial score (nSPS) is 12.4. The summed E-state index contributed by atoms with van der Waals surface area (Å²) in [6.45, 7) is 2.01. The second-order valence-electron chi connectivity index (χ2n) is 4.37. The molecular formula is C15H14BrClO.